The van der Waals surface area contributed by atoms with E-state index < -0.39 is 0 Å². The van der Waals surface area contributed by atoms with Gasteiger partial charge in [-0.15, -0.1) is 0 Å². The lowest BCUT2D eigenvalue weighted by atomic mass is 9.86. The number of hydrogen-bond acceptors (Lipinski definition) is 3. The predicted molar refractivity (Wildman–Crippen MR) is 75.9 cm³/mol. The Morgan fingerprint density at radius 3 is 2.72 bits per heavy atom. The molecule has 0 bridgehead atoms. The highest BCUT2D eigenvalue weighted by Crippen LogP contribution is 2.24. The van der Waals surface area contributed by atoms with Gasteiger partial charge in [-0.2, -0.15) is 0 Å². The van der Waals surface area contributed by atoms with Crippen LogP contribution in [0, 0.1) is 5.41 Å². The van der Waals surface area contributed by atoms with Crippen LogP contribution in [0.1, 0.15) is 59.3 Å². The maximum absolute atomic E-state index is 8.72. The molecule has 0 spiro atoms. The van der Waals surface area contributed by atoms with Gasteiger partial charge in [0.05, 0.1) is 0 Å². The number of nitrogens with zero attached hydrogens (tertiary/aromatic N) is 2. The molecule has 1 atom stereocenters. The van der Waals surface area contributed by atoms with Crippen LogP contribution in [0.2, 0.25) is 0 Å². The molecule has 3 N–H and O–H groups in total. The van der Waals surface area contributed by atoms with Gasteiger partial charge in [0.25, 0.3) is 0 Å². The van der Waals surface area contributed by atoms with Crippen molar-refractivity contribution in [3.63, 3.8) is 0 Å². The summed E-state index contributed by atoms with van der Waals surface area (Å²) in [5.74, 6) is 0.342. The van der Waals surface area contributed by atoms with Crippen molar-refractivity contribution in [3.8, 4) is 0 Å². The van der Waals surface area contributed by atoms with Gasteiger partial charge in [-0.05, 0) is 45.7 Å². The molecular formula is C14H29N3O. The van der Waals surface area contributed by atoms with Crippen LogP contribution in [0.15, 0.2) is 5.16 Å². The van der Waals surface area contributed by atoms with Crippen LogP contribution >= 0.6 is 0 Å². The Kier molecular flexibility index (Phi) is 5.93. The molecule has 0 radical (unpaired) electrons. The molecule has 4 nitrogen and oxygen atoms in total. The molecule has 0 saturated carbocycles. The molecule has 0 aliphatic carbocycles. The van der Waals surface area contributed by atoms with Crippen molar-refractivity contribution in [2.45, 2.75) is 65.3 Å². The van der Waals surface area contributed by atoms with Gasteiger partial charge in [-0.25, -0.2) is 0 Å². The fourth-order valence-electron chi connectivity index (χ4n) is 2.64. The Balaban J connectivity index is 2.22. The van der Waals surface area contributed by atoms with Gasteiger partial charge >= 0.3 is 0 Å². The van der Waals surface area contributed by atoms with Gasteiger partial charge in [0, 0.05) is 11.5 Å². The van der Waals surface area contributed by atoms with Gasteiger partial charge in [-0.1, -0.05) is 31.8 Å². The molecule has 0 aromatic carbocycles. The van der Waals surface area contributed by atoms with Crippen molar-refractivity contribution in [2.24, 2.45) is 16.3 Å². The third-order valence-corrected chi connectivity index (χ3v) is 4.24. The maximum Gasteiger partial charge on any atom is 0.144 e. The Hall–Kier alpha value is -0.770. The van der Waals surface area contributed by atoms with E-state index in [0.717, 1.165) is 18.9 Å². The zero-order valence-electron chi connectivity index (χ0n) is 12.2. The standard InChI is InChI=1S/C14H29N3O/c1-12-8-4-6-10-17(12)11-7-5-9-14(2,3)13(15)16-18/h12,18H,4-11H2,1-3H3,(H2,15,16). The first-order valence-electron chi connectivity index (χ1n) is 7.19. The monoisotopic (exact) mass is 255 g/mol. The lowest BCUT2D eigenvalue weighted by Crippen LogP contribution is -2.38. The number of piperidine rings is 1. The van der Waals surface area contributed by atoms with Crippen molar-refractivity contribution in [1.29, 1.82) is 0 Å². The Bertz CT molecular complexity index is 276. The quantitative estimate of drug-likeness (QED) is 0.252. The summed E-state index contributed by atoms with van der Waals surface area (Å²) in [5, 5.41) is 11.8. The van der Waals surface area contributed by atoms with Crippen molar-refractivity contribution in [3.05, 3.63) is 0 Å². The summed E-state index contributed by atoms with van der Waals surface area (Å²) in [6.07, 6.45) is 7.38. The van der Waals surface area contributed by atoms with E-state index in [9.17, 15) is 0 Å². The molecule has 0 amide bonds. The van der Waals surface area contributed by atoms with E-state index in [1.807, 2.05) is 13.8 Å². The number of hydrogen-bond donors (Lipinski definition) is 2. The molecule has 1 rings (SSSR count). The first kappa shape index (κ1) is 15.3. The Morgan fingerprint density at radius 2 is 2.11 bits per heavy atom. The molecule has 1 fully saturated rings. The molecule has 106 valence electrons. The van der Waals surface area contributed by atoms with Crippen LogP contribution in [0.3, 0.4) is 0 Å². The number of nitrogens with two attached hydrogens (primary N) is 1. The largest absolute Gasteiger partial charge is 0.409 e. The first-order valence-corrected chi connectivity index (χ1v) is 7.19. The molecule has 18 heavy (non-hydrogen) atoms. The summed E-state index contributed by atoms with van der Waals surface area (Å²) in [5.41, 5.74) is 5.50. The molecular weight excluding hydrogens is 226 g/mol. The summed E-state index contributed by atoms with van der Waals surface area (Å²) in [6, 6.07) is 0.746. The minimum atomic E-state index is -0.192. The molecule has 1 unspecified atom stereocenters. The van der Waals surface area contributed by atoms with E-state index in [0.29, 0.717) is 5.84 Å². The molecule has 1 aliphatic rings. The Labute approximate surface area is 111 Å². The van der Waals surface area contributed by atoms with E-state index in [-0.39, 0.29) is 5.41 Å². The maximum atomic E-state index is 8.72. The first-order chi connectivity index (χ1) is 8.47. The number of rotatable bonds is 6. The van der Waals surface area contributed by atoms with Crippen LogP contribution < -0.4 is 5.73 Å². The molecule has 4 heteroatoms. The smallest absolute Gasteiger partial charge is 0.144 e. The van der Waals surface area contributed by atoms with Crippen molar-refractivity contribution < 1.29 is 5.21 Å². The lowest BCUT2D eigenvalue weighted by Gasteiger charge is -2.33. The third kappa shape index (κ3) is 4.48. The minimum absolute atomic E-state index is 0.192. The van der Waals surface area contributed by atoms with E-state index in [1.165, 1.54) is 38.8 Å². The van der Waals surface area contributed by atoms with Gasteiger partial charge in [0.15, 0.2) is 0 Å². The summed E-state index contributed by atoms with van der Waals surface area (Å²) in [7, 11) is 0. The van der Waals surface area contributed by atoms with Gasteiger partial charge in [0.2, 0.25) is 0 Å². The van der Waals surface area contributed by atoms with E-state index in [1.54, 1.807) is 0 Å². The Morgan fingerprint density at radius 1 is 1.39 bits per heavy atom. The fourth-order valence-corrected chi connectivity index (χ4v) is 2.64. The zero-order chi connectivity index (χ0) is 13.6. The van der Waals surface area contributed by atoms with Crippen LogP contribution in [0.25, 0.3) is 0 Å². The van der Waals surface area contributed by atoms with Gasteiger partial charge < -0.3 is 15.8 Å². The topological polar surface area (TPSA) is 61.8 Å². The second-order valence-corrected chi connectivity index (χ2v) is 6.21. The molecule has 1 saturated heterocycles. The predicted octanol–water partition coefficient (Wildman–Crippen LogP) is 2.80. The molecule has 0 aromatic heterocycles. The van der Waals surface area contributed by atoms with E-state index in [4.69, 9.17) is 10.9 Å². The van der Waals surface area contributed by atoms with Crippen LogP contribution in [0.4, 0.5) is 0 Å². The number of oxime groups is 1. The van der Waals surface area contributed by atoms with Crippen molar-refractivity contribution >= 4 is 5.84 Å². The van der Waals surface area contributed by atoms with Crippen LogP contribution in [-0.4, -0.2) is 35.1 Å². The summed E-state index contributed by atoms with van der Waals surface area (Å²) in [4.78, 5) is 2.60. The van der Waals surface area contributed by atoms with Gasteiger partial charge in [0.1, 0.15) is 5.84 Å². The second-order valence-electron chi connectivity index (χ2n) is 6.21. The van der Waals surface area contributed by atoms with E-state index >= 15 is 0 Å². The summed E-state index contributed by atoms with van der Waals surface area (Å²) in [6.45, 7) is 8.84. The number of unbranched alkanes of at least 4 members (excludes halogenated alkanes) is 1. The fraction of sp³-hybridized carbons (Fsp3) is 0.929. The summed E-state index contributed by atoms with van der Waals surface area (Å²) >= 11 is 0. The van der Waals surface area contributed by atoms with Crippen LogP contribution in [0.5, 0.6) is 0 Å². The lowest BCUT2D eigenvalue weighted by molar-refractivity contribution is 0.156. The number of likely N-dealkylation sites (tertiary alicyclic amines) is 1. The molecule has 1 heterocycles. The second kappa shape index (κ2) is 6.98. The average molecular weight is 255 g/mol. The zero-order valence-corrected chi connectivity index (χ0v) is 12.2. The third-order valence-electron chi connectivity index (χ3n) is 4.24. The van der Waals surface area contributed by atoms with E-state index in [2.05, 4.69) is 17.0 Å². The normalized spacial score (nSPS) is 23.3. The SMILES string of the molecule is CC1CCCCN1CCCCC(C)(C)C(N)=NO. The highest BCUT2D eigenvalue weighted by molar-refractivity contribution is 5.85. The number of amidine groups is 1. The van der Waals surface area contributed by atoms with Crippen LogP contribution in [-0.2, 0) is 0 Å². The highest BCUT2D eigenvalue weighted by atomic mass is 16.4. The molecule has 0 aromatic rings. The molecule has 1 aliphatic heterocycles. The van der Waals surface area contributed by atoms with Gasteiger partial charge in [-0.3, -0.25) is 0 Å². The minimum Gasteiger partial charge on any atom is -0.409 e. The summed E-state index contributed by atoms with van der Waals surface area (Å²) < 4.78 is 0. The van der Waals surface area contributed by atoms with Crippen molar-refractivity contribution in [1.82, 2.24) is 4.90 Å². The van der Waals surface area contributed by atoms with Crippen molar-refractivity contribution in [2.75, 3.05) is 13.1 Å². The highest BCUT2D eigenvalue weighted by Gasteiger charge is 2.23. The average Bonchev–Trinajstić information content (AvgIpc) is 2.35.